The van der Waals surface area contributed by atoms with E-state index in [1.807, 2.05) is 0 Å². The highest BCUT2D eigenvalue weighted by atomic mass is 35.5. The van der Waals surface area contributed by atoms with Gasteiger partial charge in [0.15, 0.2) is 0 Å². The molecule has 0 bridgehead atoms. The van der Waals surface area contributed by atoms with Crippen molar-refractivity contribution in [2.75, 3.05) is 34.4 Å². The fraction of sp³-hybridized carbons (Fsp3) is 0.286. The van der Waals surface area contributed by atoms with Gasteiger partial charge in [0.1, 0.15) is 5.82 Å². The van der Waals surface area contributed by atoms with Crippen molar-refractivity contribution in [1.82, 2.24) is 19.2 Å². The lowest BCUT2D eigenvalue weighted by molar-refractivity contribution is 0.0675. The van der Waals surface area contributed by atoms with Crippen molar-refractivity contribution in [3.05, 3.63) is 69.2 Å². The molecule has 1 N–H and O–H groups in total. The number of nitrogens with zero attached hydrogens (tertiary/aromatic N) is 3. The molecule has 9 nitrogen and oxygen atoms in total. The molecule has 11 heteroatoms. The van der Waals surface area contributed by atoms with E-state index in [-0.39, 0.29) is 46.6 Å². The maximum absolute atomic E-state index is 13.3. The molecule has 0 radical (unpaired) electrons. The van der Waals surface area contributed by atoms with Gasteiger partial charge in [-0.1, -0.05) is 23.7 Å². The molecular formula is C21H23ClN4O5S. The predicted molar refractivity (Wildman–Crippen MR) is 121 cm³/mol. The average molecular weight is 479 g/mol. The van der Waals surface area contributed by atoms with Gasteiger partial charge in [-0.05, 0) is 30.3 Å². The lowest BCUT2D eigenvalue weighted by Gasteiger charge is -2.23. The molecule has 0 unspecified atom stereocenters. The molecule has 1 heterocycles. The van der Waals surface area contributed by atoms with E-state index < -0.39 is 15.9 Å². The van der Waals surface area contributed by atoms with Crippen LogP contribution in [-0.2, 0) is 21.3 Å². The Morgan fingerprint density at radius 3 is 2.59 bits per heavy atom. The van der Waals surface area contributed by atoms with Crippen molar-refractivity contribution in [3.63, 3.8) is 0 Å². The number of halogens is 1. The number of hydrogen-bond acceptors (Lipinski definition) is 6. The Morgan fingerprint density at radius 2 is 1.91 bits per heavy atom. The summed E-state index contributed by atoms with van der Waals surface area (Å²) in [4.78, 5) is 34.2. The fourth-order valence-electron chi connectivity index (χ4n) is 3.05. The van der Waals surface area contributed by atoms with Crippen LogP contribution in [-0.4, -0.2) is 67.9 Å². The summed E-state index contributed by atoms with van der Waals surface area (Å²) in [5.74, 6) is -0.231. The molecule has 32 heavy (non-hydrogen) atoms. The molecule has 0 saturated heterocycles. The third-order valence-corrected chi connectivity index (χ3v) is 6.94. The molecule has 1 amide bonds. The molecule has 3 rings (SSSR count). The highest BCUT2D eigenvalue weighted by Crippen LogP contribution is 2.24. The molecule has 0 saturated carbocycles. The van der Waals surface area contributed by atoms with Crippen LogP contribution < -0.4 is 5.56 Å². The number of aromatic nitrogens is 2. The minimum atomic E-state index is -3.76. The first kappa shape index (κ1) is 23.9. The van der Waals surface area contributed by atoms with Crippen LogP contribution in [0.25, 0.3) is 10.9 Å². The second-order valence-electron chi connectivity index (χ2n) is 7.18. The average Bonchev–Trinajstić information content (AvgIpc) is 2.76. The molecular weight excluding hydrogens is 456 g/mol. The van der Waals surface area contributed by atoms with Crippen LogP contribution in [0.15, 0.2) is 52.2 Å². The normalized spacial score (nSPS) is 11.8. The lowest BCUT2D eigenvalue weighted by atomic mass is 10.2. The van der Waals surface area contributed by atoms with Crippen LogP contribution in [0.1, 0.15) is 16.2 Å². The van der Waals surface area contributed by atoms with Gasteiger partial charge >= 0.3 is 0 Å². The maximum Gasteiger partial charge on any atom is 0.258 e. The molecule has 3 aromatic rings. The number of nitrogens with one attached hydrogen (secondary N) is 1. The van der Waals surface area contributed by atoms with E-state index in [0.29, 0.717) is 10.9 Å². The van der Waals surface area contributed by atoms with E-state index in [9.17, 15) is 18.0 Å². The molecule has 170 valence electrons. The number of rotatable bonds is 8. The van der Waals surface area contributed by atoms with Crippen LogP contribution in [0.2, 0.25) is 5.02 Å². The third-order valence-electron chi connectivity index (χ3n) is 4.80. The number of sulfonamides is 1. The van der Waals surface area contributed by atoms with E-state index in [1.165, 1.54) is 44.3 Å². The summed E-state index contributed by atoms with van der Waals surface area (Å²) in [7, 11) is 0.536. The Bertz CT molecular complexity index is 1310. The first-order chi connectivity index (χ1) is 15.1. The van der Waals surface area contributed by atoms with Gasteiger partial charge in [-0.3, -0.25) is 9.59 Å². The summed E-state index contributed by atoms with van der Waals surface area (Å²) in [6.07, 6.45) is 0. The summed E-state index contributed by atoms with van der Waals surface area (Å²) in [6, 6.07) is 10.8. The number of methoxy groups -OCH3 is 1. The number of ether oxygens (including phenoxy) is 1. The number of carbonyl (C=O) groups is 1. The number of benzene rings is 2. The molecule has 1 aromatic heterocycles. The largest absolute Gasteiger partial charge is 0.383 e. The standard InChI is InChI=1S/C21H23ClN4O5S/c1-25(2)32(29,30)14-8-9-17(22)16(12-14)21(28)26(10-11-31-3)13-19-23-18-7-5-4-6-15(18)20(27)24-19/h4-9,12H,10-11,13H2,1-3H3,(H,23,24,27). The van der Waals surface area contributed by atoms with Gasteiger partial charge < -0.3 is 14.6 Å². The third kappa shape index (κ3) is 4.99. The van der Waals surface area contributed by atoms with Crippen molar-refractivity contribution in [1.29, 1.82) is 0 Å². The van der Waals surface area contributed by atoms with E-state index in [4.69, 9.17) is 16.3 Å². The Balaban J connectivity index is 2.00. The molecule has 0 aliphatic carbocycles. The zero-order valence-corrected chi connectivity index (χ0v) is 19.4. The first-order valence-corrected chi connectivity index (χ1v) is 11.4. The quantitative estimate of drug-likeness (QED) is 0.530. The Labute approximate surface area is 190 Å². The number of aromatic amines is 1. The van der Waals surface area contributed by atoms with Crippen LogP contribution >= 0.6 is 11.6 Å². The predicted octanol–water partition coefficient (Wildman–Crippen LogP) is 2.12. The second-order valence-corrected chi connectivity index (χ2v) is 9.74. The van der Waals surface area contributed by atoms with Gasteiger partial charge in [-0.2, -0.15) is 0 Å². The van der Waals surface area contributed by atoms with E-state index >= 15 is 0 Å². The van der Waals surface area contributed by atoms with Crippen LogP contribution in [0, 0.1) is 0 Å². The summed E-state index contributed by atoms with van der Waals surface area (Å²) in [5, 5.41) is 0.547. The topological polar surface area (TPSA) is 113 Å². The Kier molecular flexibility index (Phi) is 7.29. The van der Waals surface area contributed by atoms with Gasteiger partial charge in [0, 0.05) is 27.7 Å². The number of amides is 1. The molecule has 0 aliphatic rings. The van der Waals surface area contributed by atoms with Crippen molar-refractivity contribution < 1.29 is 17.9 Å². The van der Waals surface area contributed by atoms with Gasteiger partial charge in [-0.25, -0.2) is 17.7 Å². The SMILES string of the molecule is COCCN(Cc1nc2ccccc2c(=O)[nH]1)C(=O)c1cc(S(=O)(=O)N(C)C)ccc1Cl. The number of fused-ring (bicyclic) bond motifs is 1. The summed E-state index contributed by atoms with van der Waals surface area (Å²) >= 11 is 6.24. The minimum Gasteiger partial charge on any atom is -0.383 e. The number of hydrogen-bond donors (Lipinski definition) is 1. The van der Waals surface area contributed by atoms with E-state index in [1.54, 1.807) is 24.3 Å². The number of para-hydroxylation sites is 1. The molecule has 0 fully saturated rings. The van der Waals surface area contributed by atoms with E-state index in [2.05, 4.69) is 9.97 Å². The fourth-order valence-corrected chi connectivity index (χ4v) is 4.18. The van der Waals surface area contributed by atoms with Gasteiger partial charge in [-0.15, -0.1) is 0 Å². The van der Waals surface area contributed by atoms with Crippen LogP contribution in [0.3, 0.4) is 0 Å². The van der Waals surface area contributed by atoms with Crippen LogP contribution in [0.4, 0.5) is 0 Å². The summed E-state index contributed by atoms with van der Waals surface area (Å²) in [5.41, 5.74) is 0.207. The molecule has 0 atom stereocenters. The van der Waals surface area contributed by atoms with E-state index in [0.717, 1.165) is 4.31 Å². The zero-order valence-electron chi connectivity index (χ0n) is 17.8. The highest BCUT2D eigenvalue weighted by molar-refractivity contribution is 7.89. The van der Waals surface area contributed by atoms with Crippen molar-refractivity contribution in [2.45, 2.75) is 11.4 Å². The van der Waals surface area contributed by atoms with Crippen molar-refractivity contribution in [3.8, 4) is 0 Å². The highest BCUT2D eigenvalue weighted by Gasteiger charge is 2.24. The Morgan fingerprint density at radius 1 is 1.19 bits per heavy atom. The zero-order chi connectivity index (χ0) is 23.5. The monoisotopic (exact) mass is 478 g/mol. The molecule has 2 aromatic carbocycles. The first-order valence-electron chi connectivity index (χ1n) is 9.63. The second kappa shape index (κ2) is 9.78. The van der Waals surface area contributed by atoms with Crippen molar-refractivity contribution in [2.24, 2.45) is 0 Å². The maximum atomic E-state index is 13.3. The van der Waals surface area contributed by atoms with Crippen molar-refractivity contribution >= 4 is 38.4 Å². The van der Waals surface area contributed by atoms with Crippen LogP contribution in [0.5, 0.6) is 0 Å². The number of carbonyl (C=O) groups excluding carboxylic acids is 1. The smallest absolute Gasteiger partial charge is 0.258 e. The molecule has 0 aliphatic heterocycles. The van der Waals surface area contributed by atoms with Gasteiger partial charge in [0.25, 0.3) is 11.5 Å². The minimum absolute atomic E-state index is 0.0221. The summed E-state index contributed by atoms with van der Waals surface area (Å²) < 4.78 is 31.2. The lowest BCUT2D eigenvalue weighted by Crippen LogP contribution is -2.35. The molecule has 0 spiro atoms. The van der Waals surface area contributed by atoms with Gasteiger partial charge in [0.05, 0.1) is 39.5 Å². The van der Waals surface area contributed by atoms with Gasteiger partial charge in [0.2, 0.25) is 10.0 Å². The summed E-state index contributed by atoms with van der Waals surface area (Å²) in [6.45, 7) is 0.368. The number of H-pyrrole nitrogens is 1. The Hall–Kier alpha value is -2.79.